The van der Waals surface area contributed by atoms with E-state index in [1.165, 1.54) is 36.4 Å². The maximum absolute atomic E-state index is 13.6. The number of aromatic nitrogens is 4. The number of nitro groups is 2. The number of aromatic amines is 1. The average Bonchev–Trinajstić information content (AvgIpc) is 4.33. The Morgan fingerprint density at radius 2 is 1.30 bits per heavy atom. The molecule has 80 heavy (non-hydrogen) atoms. The number of nitrogens with zero attached hydrogens (tertiary/aromatic N) is 7. The summed E-state index contributed by atoms with van der Waals surface area (Å²) in [6.45, 7) is 5.66. The lowest BCUT2D eigenvalue weighted by atomic mass is 10.0. The molecule has 3 aromatic heterocycles. The molecule has 2 N–H and O–H groups in total. The number of rotatable bonds is 38. The van der Waals surface area contributed by atoms with Gasteiger partial charge in [-0.05, 0) is 54.6 Å². The number of nitrogens with one attached hydrogen (secondary N) is 2. The van der Waals surface area contributed by atoms with Crippen LogP contribution in [0.3, 0.4) is 0 Å². The number of Topliss-reactive ketones (excluding diaryl/α,β-unsaturated/α-hetero) is 1. The molecule has 0 spiro atoms. The number of amides is 2. The van der Waals surface area contributed by atoms with E-state index in [1.54, 1.807) is 58.4 Å². The molecule has 0 aliphatic carbocycles. The molecule has 1 saturated heterocycles. The van der Waals surface area contributed by atoms with E-state index in [9.17, 15) is 34.6 Å². The second kappa shape index (κ2) is 32.2. The third-order valence-corrected chi connectivity index (χ3v) is 11.9. The Hall–Kier alpha value is -7.93. The SMILES string of the molecule is COc1ccc(-c2ccco2)c2[nH]cc(C(=O)C(=O)N3CCN(C(=O)c4ccc(OCCOCCOCCOCCOCCOCCn5cc(COCOCOCOCCNc6c([N+](=O)[O-])cccc6[N+](=O)[O-])nn5)cc4)CC3)c12. The lowest BCUT2D eigenvalue weighted by Gasteiger charge is -2.34. The Kier molecular flexibility index (Phi) is 24.1. The molecule has 28 nitrogen and oxygen atoms in total. The van der Waals surface area contributed by atoms with Crippen molar-refractivity contribution in [3.05, 3.63) is 122 Å². The van der Waals surface area contributed by atoms with E-state index in [0.717, 1.165) is 5.56 Å². The molecule has 6 aromatic rings. The third-order valence-electron chi connectivity index (χ3n) is 11.9. The number of furan rings is 1. The predicted octanol–water partition coefficient (Wildman–Crippen LogP) is 4.72. The van der Waals surface area contributed by atoms with Gasteiger partial charge in [0.25, 0.3) is 29.0 Å². The Morgan fingerprint density at radius 3 is 1.93 bits per heavy atom. The molecular formula is C52H63N9O19. The number of fused-ring (bicyclic) bond motifs is 1. The second-order valence-corrected chi connectivity index (χ2v) is 17.2. The fraction of sp³-hybridized carbons (Fsp3) is 0.442. The Balaban J connectivity index is 0.618. The van der Waals surface area contributed by atoms with Gasteiger partial charge in [-0.2, -0.15) is 0 Å². The van der Waals surface area contributed by atoms with E-state index < -0.39 is 32.9 Å². The van der Waals surface area contributed by atoms with Crippen LogP contribution in [-0.4, -0.2) is 197 Å². The second-order valence-electron chi connectivity index (χ2n) is 17.2. The van der Waals surface area contributed by atoms with Crippen LogP contribution in [0.2, 0.25) is 0 Å². The number of nitro benzene ring substituents is 2. The van der Waals surface area contributed by atoms with Crippen molar-refractivity contribution >= 4 is 45.6 Å². The number of hydrogen-bond donors (Lipinski definition) is 2. The summed E-state index contributed by atoms with van der Waals surface area (Å²) in [6.07, 6.45) is 4.81. The molecule has 1 aliphatic rings. The van der Waals surface area contributed by atoms with E-state index >= 15 is 0 Å². The quantitative estimate of drug-likeness (QED) is 0.0132. The van der Waals surface area contributed by atoms with Gasteiger partial charge in [-0.15, -0.1) is 5.10 Å². The van der Waals surface area contributed by atoms with Gasteiger partial charge in [0.1, 0.15) is 43.1 Å². The molecule has 0 unspecified atom stereocenters. The van der Waals surface area contributed by atoms with Crippen molar-refractivity contribution in [2.24, 2.45) is 0 Å². The lowest BCUT2D eigenvalue weighted by Crippen LogP contribution is -2.52. The summed E-state index contributed by atoms with van der Waals surface area (Å²) in [5.41, 5.74) is 1.61. The molecular weight excluding hydrogens is 1050 g/mol. The summed E-state index contributed by atoms with van der Waals surface area (Å²) in [7, 11) is 1.51. The van der Waals surface area contributed by atoms with Gasteiger partial charge in [0.05, 0.1) is 132 Å². The van der Waals surface area contributed by atoms with Crippen molar-refractivity contribution in [2.75, 3.05) is 145 Å². The smallest absolute Gasteiger partial charge is 0.299 e. The average molecular weight is 1120 g/mol. The first-order valence-corrected chi connectivity index (χ1v) is 25.4. The number of piperazine rings is 1. The van der Waals surface area contributed by atoms with Crippen molar-refractivity contribution in [1.29, 1.82) is 0 Å². The van der Waals surface area contributed by atoms with Gasteiger partial charge in [-0.25, -0.2) is 4.68 Å². The zero-order valence-corrected chi connectivity index (χ0v) is 44.0. The molecule has 3 aromatic carbocycles. The zero-order chi connectivity index (χ0) is 56.3. The van der Waals surface area contributed by atoms with E-state index in [2.05, 4.69) is 20.6 Å². The van der Waals surface area contributed by atoms with Crippen LogP contribution < -0.4 is 14.8 Å². The Bertz CT molecular complexity index is 2860. The van der Waals surface area contributed by atoms with Crippen molar-refractivity contribution in [2.45, 2.75) is 13.2 Å². The van der Waals surface area contributed by atoms with Gasteiger partial charge in [-0.3, -0.25) is 34.6 Å². The van der Waals surface area contributed by atoms with Gasteiger partial charge >= 0.3 is 0 Å². The molecule has 430 valence electrons. The molecule has 28 heteroatoms. The number of anilines is 1. The van der Waals surface area contributed by atoms with Crippen LogP contribution in [0.1, 0.15) is 26.4 Å². The molecule has 0 saturated carbocycles. The van der Waals surface area contributed by atoms with Crippen LogP contribution in [0.25, 0.3) is 22.2 Å². The van der Waals surface area contributed by atoms with Crippen LogP contribution >= 0.6 is 0 Å². The first-order chi connectivity index (χ1) is 39.1. The largest absolute Gasteiger partial charge is 0.496 e. The Labute approximate surface area is 458 Å². The van der Waals surface area contributed by atoms with E-state index in [0.29, 0.717) is 119 Å². The van der Waals surface area contributed by atoms with Gasteiger partial charge < -0.3 is 76.6 Å². The minimum Gasteiger partial charge on any atom is -0.496 e. The number of hydrogen-bond acceptors (Lipinski definition) is 22. The van der Waals surface area contributed by atoms with Crippen LogP contribution in [0.15, 0.2) is 89.8 Å². The number of benzene rings is 3. The minimum absolute atomic E-state index is 0.0600. The number of H-pyrrole nitrogens is 1. The monoisotopic (exact) mass is 1120 g/mol. The predicted molar refractivity (Wildman–Crippen MR) is 281 cm³/mol. The molecule has 4 heterocycles. The van der Waals surface area contributed by atoms with Gasteiger partial charge in [-0.1, -0.05) is 5.21 Å². The third kappa shape index (κ3) is 17.8. The number of para-hydroxylation sites is 1. The maximum atomic E-state index is 13.6. The van der Waals surface area contributed by atoms with Crippen LogP contribution in [0, 0.1) is 20.2 Å². The molecule has 2 amide bonds. The number of carbonyl (C=O) groups is 3. The van der Waals surface area contributed by atoms with Gasteiger partial charge in [0.2, 0.25) is 0 Å². The first kappa shape index (κ1) is 59.7. The van der Waals surface area contributed by atoms with Gasteiger partial charge in [0.15, 0.2) is 12.5 Å². The number of ketones is 1. The van der Waals surface area contributed by atoms with Crippen molar-refractivity contribution in [3.8, 4) is 22.8 Å². The molecule has 1 aliphatic heterocycles. The molecule has 0 atom stereocenters. The summed E-state index contributed by atoms with van der Waals surface area (Å²) in [4.78, 5) is 67.6. The lowest BCUT2D eigenvalue weighted by molar-refractivity contribution is -0.392. The van der Waals surface area contributed by atoms with Crippen molar-refractivity contribution < 1.29 is 80.8 Å². The van der Waals surface area contributed by atoms with Crippen molar-refractivity contribution in [1.82, 2.24) is 29.8 Å². The summed E-state index contributed by atoms with van der Waals surface area (Å²) in [5, 5.41) is 33.7. The highest BCUT2D eigenvalue weighted by atomic mass is 16.8. The standard InChI is InChI=1S/C52H63N9O19/c1-69-46-12-11-41(45-6-3-19-80-45)48-47(46)42(32-54-48)50(62)52(64)58-16-14-57(15-17-58)51(63)38-7-9-40(10-8-38)79-31-30-74-29-28-73-27-26-72-25-24-71-23-22-70-21-18-59-33-39(55-56-59)34-76-36-78-37-77-35-75-20-13-53-49-43(60(65)66)4-2-5-44(49)61(67)68/h2-12,19,32-33,53-54H,13-18,20-31,34-37H2,1H3. The molecule has 0 radical (unpaired) electrons. The van der Waals surface area contributed by atoms with E-state index in [-0.39, 0.29) is 83.5 Å². The summed E-state index contributed by atoms with van der Waals surface area (Å²) < 4.78 is 67.4. The van der Waals surface area contributed by atoms with Crippen LogP contribution in [0.5, 0.6) is 11.5 Å². The molecule has 1 fully saturated rings. The van der Waals surface area contributed by atoms with E-state index in [1.807, 2.05) is 12.1 Å². The number of methoxy groups -OCH3 is 1. The normalized spacial score (nSPS) is 12.5. The maximum Gasteiger partial charge on any atom is 0.299 e. The summed E-state index contributed by atoms with van der Waals surface area (Å²) in [6, 6.07) is 17.6. The van der Waals surface area contributed by atoms with Gasteiger partial charge in [0, 0.05) is 62.2 Å². The van der Waals surface area contributed by atoms with Crippen LogP contribution in [0.4, 0.5) is 17.1 Å². The minimum atomic E-state index is -0.701. The highest BCUT2D eigenvalue weighted by Gasteiger charge is 2.32. The summed E-state index contributed by atoms with van der Waals surface area (Å²) >= 11 is 0. The summed E-state index contributed by atoms with van der Waals surface area (Å²) in [5.74, 6) is 0.144. The first-order valence-electron chi connectivity index (χ1n) is 25.4. The fourth-order valence-corrected chi connectivity index (χ4v) is 8.04. The number of carbonyl (C=O) groups excluding carboxylic acids is 3. The molecule has 0 bridgehead atoms. The highest BCUT2D eigenvalue weighted by molar-refractivity contribution is 6.45. The fourth-order valence-electron chi connectivity index (χ4n) is 8.04. The zero-order valence-electron chi connectivity index (χ0n) is 44.0. The van der Waals surface area contributed by atoms with Crippen molar-refractivity contribution in [3.63, 3.8) is 0 Å². The van der Waals surface area contributed by atoms with Crippen LogP contribution in [-0.2, 0) is 60.6 Å². The topological polar surface area (TPSA) is 317 Å². The Morgan fingerprint density at radius 1 is 0.688 bits per heavy atom. The number of ether oxygens (including phenoxy) is 11. The highest BCUT2D eigenvalue weighted by Crippen LogP contribution is 2.37. The van der Waals surface area contributed by atoms with E-state index in [4.69, 9.17) is 56.5 Å². The molecule has 7 rings (SSSR count).